The van der Waals surface area contributed by atoms with Crippen molar-refractivity contribution in [3.8, 4) is 5.75 Å². The maximum atomic E-state index is 14.3. The first kappa shape index (κ1) is 29.3. The van der Waals surface area contributed by atoms with Gasteiger partial charge in [0.1, 0.15) is 18.0 Å². The molecule has 0 spiro atoms. The summed E-state index contributed by atoms with van der Waals surface area (Å²) in [5, 5.41) is 17.0. The number of urea groups is 1. The summed E-state index contributed by atoms with van der Waals surface area (Å²) >= 11 is 1.60. The number of fused-ring (bicyclic) bond motifs is 2. The van der Waals surface area contributed by atoms with Crippen LogP contribution in [0.3, 0.4) is 0 Å². The molecular formula is C33H34N6O4S. The zero-order valence-corrected chi connectivity index (χ0v) is 25.2. The van der Waals surface area contributed by atoms with Crippen molar-refractivity contribution in [2.24, 2.45) is 0 Å². The quantitative estimate of drug-likeness (QED) is 0.292. The minimum Gasteiger partial charge on any atom is -0.508 e. The number of aromatic hydroxyl groups is 1. The molecular weight excluding hydrogens is 576 g/mol. The van der Waals surface area contributed by atoms with Crippen molar-refractivity contribution in [3.05, 3.63) is 107 Å². The molecule has 3 heterocycles. The van der Waals surface area contributed by atoms with Crippen LogP contribution in [0.15, 0.2) is 85.5 Å². The van der Waals surface area contributed by atoms with Crippen molar-refractivity contribution in [2.45, 2.75) is 38.6 Å². The lowest BCUT2D eigenvalue weighted by Gasteiger charge is -2.55. The maximum Gasteiger partial charge on any atom is 0.334 e. The molecule has 2 aliphatic heterocycles. The molecule has 4 aromatic rings. The van der Waals surface area contributed by atoms with Crippen molar-refractivity contribution in [3.63, 3.8) is 0 Å². The van der Waals surface area contributed by atoms with Gasteiger partial charge in [-0.2, -0.15) is 0 Å². The standard InChI is InChI=1S/C33H34N6O4S/c1-3-16-37-21-30(41)38-27(17-23-12-14-26(40)15-13-23)32(42)36(19-25-10-7-11-28-31(25)35-22(2)44-28)20-29(38)39(37)33(43)34-18-24-8-5-4-6-9-24/h3-15,27,29,40H,1,16-21H2,2H3,(H,34,43)/t27-,29-/m0/s1. The Hall–Kier alpha value is -4.74. The van der Waals surface area contributed by atoms with Crippen LogP contribution in [0.5, 0.6) is 5.75 Å². The molecule has 2 saturated heterocycles. The number of aromatic nitrogens is 1. The first-order valence-electron chi connectivity index (χ1n) is 14.5. The fourth-order valence-corrected chi connectivity index (χ4v) is 6.88. The van der Waals surface area contributed by atoms with Gasteiger partial charge in [0.15, 0.2) is 0 Å². The molecule has 0 bridgehead atoms. The number of hydrazine groups is 1. The molecule has 2 atom stereocenters. The van der Waals surface area contributed by atoms with Gasteiger partial charge in [0.05, 0.1) is 28.3 Å². The Morgan fingerprint density at radius 1 is 1.07 bits per heavy atom. The fourth-order valence-electron chi connectivity index (χ4n) is 6.00. The summed E-state index contributed by atoms with van der Waals surface area (Å²) in [6.07, 6.45) is 1.15. The molecule has 2 aliphatic rings. The Morgan fingerprint density at radius 2 is 1.84 bits per heavy atom. The highest BCUT2D eigenvalue weighted by molar-refractivity contribution is 7.18. The second-order valence-corrected chi connectivity index (χ2v) is 12.2. The lowest BCUT2D eigenvalue weighted by molar-refractivity contribution is -0.189. The van der Waals surface area contributed by atoms with Crippen LogP contribution in [0.4, 0.5) is 4.79 Å². The van der Waals surface area contributed by atoms with Crippen LogP contribution >= 0.6 is 11.3 Å². The number of benzene rings is 3. The Morgan fingerprint density at radius 3 is 2.59 bits per heavy atom. The third-order valence-corrected chi connectivity index (χ3v) is 8.94. The highest BCUT2D eigenvalue weighted by Crippen LogP contribution is 2.31. The van der Waals surface area contributed by atoms with E-state index in [2.05, 4.69) is 11.9 Å². The molecule has 44 heavy (non-hydrogen) atoms. The van der Waals surface area contributed by atoms with Gasteiger partial charge in [-0.15, -0.1) is 17.9 Å². The average molecular weight is 611 g/mol. The minimum atomic E-state index is -0.850. The van der Waals surface area contributed by atoms with Crippen LogP contribution in [0.2, 0.25) is 0 Å². The molecule has 2 N–H and O–H groups in total. The number of amides is 4. The second-order valence-electron chi connectivity index (χ2n) is 11.0. The van der Waals surface area contributed by atoms with Crippen molar-refractivity contribution >= 4 is 39.4 Å². The smallest absolute Gasteiger partial charge is 0.334 e. The van der Waals surface area contributed by atoms with E-state index in [1.807, 2.05) is 55.5 Å². The number of rotatable bonds is 8. The van der Waals surface area contributed by atoms with Gasteiger partial charge in [-0.05, 0) is 41.8 Å². The molecule has 2 fully saturated rings. The van der Waals surface area contributed by atoms with E-state index in [-0.39, 0.29) is 56.2 Å². The highest BCUT2D eigenvalue weighted by Gasteiger charge is 2.51. The van der Waals surface area contributed by atoms with Crippen LogP contribution in [0.25, 0.3) is 10.2 Å². The van der Waals surface area contributed by atoms with Gasteiger partial charge in [-0.25, -0.2) is 19.8 Å². The van der Waals surface area contributed by atoms with Crippen molar-refractivity contribution in [2.75, 3.05) is 19.6 Å². The lowest BCUT2D eigenvalue weighted by atomic mass is 9.98. The molecule has 3 aromatic carbocycles. The van der Waals surface area contributed by atoms with Crippen LogP contribution < -0.4 is 5.32 Å². The van der Waals surface area contributed by atoms with Crippen molar-refractivity contribution in [1.29, 1.82) is 0 Å². The average Bonchev–Trinajstić information content (AvgIpc) is 3.41. The van der Waals surface area contributed by atoms with Gasteiger partial charge in [0, 0.05) is 26.1 Å². The lowest BCUT2D eigenvalue weighted by Crippen LogP contribution is -2.76. The zero-order valence-electron chi connectivity index (χ0n) is 24.4. The Bertz CT molecular complexity index is 1690. The van der Waals surface area contributed by atoms with Crippen molar-refractivity contribution in [1.82, 2.24) is 30.1 Å². The number of phenols is 1. The monoisotopic (exact) mass is 610 g/mol. The number of hydrogen-bond donors (Lipinski definition) is 2. The number of carbonyl (C=O) groups is 3. The van der Waals surface area contributed by atoms with Gasteiger partial charge >= 0.3 is 6.03 Å². The molecule has 0 aliphatic carbocycles. The molecule has 0 unspecified atom stereocenters. The van der Waals surface area contributed by atoms with Crippen LogP contribution in [0, 0.1) is 6.92 Å². The van der Waals surface area contributed by atoms with Gasteiger partial charge in [0.25, 0.3) is 0 Å². The molecule has 4 amide bonds. The number of piperazine rings is 1. The summed E-state index contributed by atoms with van der Waals surface area (Å²) in [7, 11) is 0. The van der Waals surface area contributed by atoms with Crippen molar-refractivity contribution < 1.29 is 19.5 Å². The predicted molar refractivity (Wildman–Crippen MR) is 168 cm³/mol. The van der Waals surface area contributed by atoms with Gasteiger partial charge in [-0.1, -0.05) is 60.7 Å². The van der Waals surface area contributed by atoms with Gasteiger partial charge in [0.2, 0.25) is 11.8 Å². The summed E-state index contributed by atoms with van der Waals surface area (Å²) in [5.41, 5.74) is 3.49. The maximum absolute atomic E-state index is 14.3. The number of hydrogen-bond acceptors (Lipinski definition) is 7. The molecule has 10 nitrogen and oxygen atoms in total. The topological polar surface area (TPSA) is 109 Å². The van der Waals surface area contributed by atoms with E-state index in [0.29, 0.717) is 6.54 Å². The van der Waals surface area contributed by atoms with Crippen LogP contribution in [-0.4, -0.2) is 79.6 Å². The highest BCUT2D eigenvalue weighted by atomic mass is 32.1. The van der Waals surface area contributed by atoms with Gasteiger partial charge in [-0.3, -0.25) is 9.59 Å². The molecule has 6 rings (SSSR count). The summed E-state index contributed by atoms with van der Waals surface area (Å²) in [6.45, 7) is 6.73. The van der Waals surface area contributed by atoms with Crippen LogP contribution in [0.1, 0.15) is 21.7 Å². The van der Waals surface area contributed by atoms with E-state index < -0.39 is 12.2 Å². The number of thiazole rings is 1. The summed E-state index contributed by atoms with van der Waals surface area (Å²) < 4.78 is 1.04. The Labute approximate surface area is 259 Å². The van der Waals surface area contributed by atoms with E-state index in [1.54, 1.807) is 61.5 Å². The summed E-state index contributed by atoms with van der Waals surface area (Å²) in [5.74, 6) is -0.323. The molecule has 0 radical (unpaired) electrons. The number of nitrogens with one attached hydrogen (secondary N) is 1. The van der Waals surface area contributed by atoms with E-state index in [4.69, 9.17) is 4.98 Å². The number of para-hydroxylation sites is 1. The molecule has 1 aromatic heterocycles. The third-order valence-electron chi connectivity index (χ3n) is 8.00. The van der Waals surface area contributed by atoms with Crippen LogP contribution in [-0.2, 0) is 29.1 Å². The van der Waals surface area contributed by atoms with E-state index in [1.165, 1.54) is 0 Å². The fraction of sp³-hybridized carbons (Fsp3) is 0.273. The molecule has 0 saturated carbocycles. The number of phenolic OH excluding ortho intramolecular Hbond substituents is 1. The van der Waals surface area contributed by atoms with Gasteiger partial charge < -0.3 is 20.2 Å². The number of aryl methyl sites for hydroxylation is 1. The predicted octanol–water partition coefficient (Wildman–Crippen LogP) is 4.05. The Kier molecular flexibility index (Phi) is 8.32. The first-order chi connectivity index (χ1) is 21.3. The largest absolute Gasteiger partial charge is 0.508 e. The molecule has 226 valence electrons. The van der Waals surface area contributed by atoms with E-state index in [9.17, 15) is 19.5 Å². The number of nitrogens with zero attached hydrogens (tertiary/aromatic N) is 5. The van der Waals surface area contributed by atoms with E-state index in [0.717, 1.165) is 31.9 Å². The summed E-state index contributed by atoms with van der Waals surface area (Å²) in [4.78, 5) is 50.0. The SMILES string of the molecule is C=CCN1CC(=O)N2[C@@H](Cc3ccc(O)cc3)C(=O)N(Cc3cccc4sc(C)nc34)C[C@@H]2N1C(=O)NCc1ccccc1. The zero-order chi connectivity index (χ0) is 30.8. The minimum absolute atomic E-state index is 0.0714. The Balaban J connectivity index is 1.37. The normalized spacial score (nSPS) is 18.9. The summed E-state index contributed by atoms with van der Waals surface area (Å²) in [6, 6.07) is 21.0. The molecule has 11 heteroatoms. The van der Waals surface area contributed by atoms with E-state index >= 15 is 0 Å². The first-order valence-corrected chi connectivity index (χ1v) is 15.3. The number of carbonyl (C=O) groups excluding carboxylic acids is 3. The third kappa shape index (κ3) is 5.88. The second kappa shape index (κ2) is 12.5.